The molecule has 1 heterocycles. The number of nitrogens with zero attached hydrogens (tertiary/aromatic N) is 1. The number of para-hydroxylation sites is 2. The van der Waals surface area contributed by atoms with Gasteiger partial charge >= 0.3 is 7.12 Å². The van der Waals surface area contributed by atoms with Crippen LogP contribution >= 0.6 is 0 Å². The Kier molecular flexibility index (Phi) is 3.74. The normalized spacial score (nSPS) is 10.7. The Bertz CT molecular complexity index is 758. The molecule has 0 fully saturated rings. The zero-order chi connectivity index (χ0) is 15.7. The third-order valence-electron chi connectivity index (χ3n) is 3.46. The van der Waals surface area contributed by atoms with Gasteiger partial charge < -0.3 is 24.5 Å². The molecule has 1 aromatic heterocycles. The van der Waals surface area contributed by atoms with Gasteiger partial charge in [-0.2, -0.15) is 0 Å². The van der Waals surface area contributed by atoms with Crippen LogP contribution in [-0.2, 0) is 0 Å². The highest BCUT2D eigenvalue weighted by Crippen LogP contribution is 2.28. The van der Waals surface area contributed by atoms with Gasteiger partial charge in [-0.05, 0) is 24.3 Å². The zero-order valence-corrected chi connectivity index (χ0v) is 12.2. The van der Waals surface area contributed by atoms with E-state index in [1.165, 1.54) is 14.2 Å². The lowest BCUT2D eigenvalue weighted by Crippen LogP contribution is -2.32. The topological polar surface area (TPSA) is 87.6 Å². The van der Waals surface area contributed by atoms with E-state index < -0.39 is 7.12 Å². The van der Waals surface area contributed by atoms with E-state index in [2.05, 4.69) is 9.97 Å². The highest BCUT2D eigenvalue weighted by molar-refractivity contribution is 6.61. The van der Waals surface area contributed by atoms with Crippen LogP contribution < -0.4 is 14.9 Å². The first-order valence-corrected chi connectivity index (χ1v) is 6.71. The van der Waals surface area contributed by atoms with Crippen molar-refractivity contribution in [1.82, 2.24) is 9.97 Å². The van der Waals surface area contributed by atoms with Gasteiger partial charge in [0.05, 0.1) is 30.7 Å². The number of nitrogens with one attached hydrogen (secondary N) is 1. The molecule has 0 saturated heterocycles. The maximum atomic E-state index is 9.50. The largest absolute Gasteiger partial charge is 0.497 e. The number of ether oxygens (including phenoxy) is 2. The fraction of sp³-hybridized carbons (Fsp3) is 0.133. The second-order valence-corrected chi connectivity index (χ2v) is 4.77. The maximum Gasteiger partial charge on any atom is 0.496 e. The molecule has 0 aliphatic rings. The number of fused-ring (bicyclic) bond motifs is 1. The Morgan fingerprint density at radius 3 is 2.23 bits per heavy atom. The van der Waals surface area contributed by atoms with Crippen LogP contribution in [0.4, 0.5) is 0 Å². The summed E-state index contributed by atoms with van der Waals surface area (Å²) < 4.78 is 10.5. The van der Waals surface area contributed by atoms with Gasteiger partial charge in [-0.15, -0.1) is 0 Å². The quantitative estimate of drug-likeness (QED) is 0.624. The van der Waals surface area contributed by atoms with E-state index in [1.807, 2.05) is 24.3 Å². The molecule has 0 saturated carbocycles. The minimum absolute atomic E-state index is 0.185. The van der Waals surface area contributed by atoms with Gasteiger partial charge in [-0.3, -0.25) is 0 Å². The van der Waals surface area contributed by atoms with Crippen LogP contribution in [0.5, 0.6) is 11.5 Å². The summed E-state index contributed by atoms with van der Waals surface area (Å²) in [6.07, 6.45) is 0. The highest BCUT2D eigenvalue weighted by Gasteiger charge is 2.24. The minimum atomic E-state index is -1.69. The van der Waals surface area contributed by atoms with E-state index >= 15 is 0 Å². The van der Waals surface area contributed by atoms with Gasteiger partial charge in [0.2, 0.25) is 0 Å². The van der Waals surface area contributed by atoms with Crippen LogP contribution in [0.3, 0.4) is 0 Å². The first-order chi connectivity index (χ1) is 10.6. The van der Waals surface area contributed by atoms with Gasteiger partial charge in [-0.1, -0.05) is 12.1 Å². The average molecular weight is 298 g/mol. The van der Waals surface area contributed by atoms with Crippen molar-refractivity contribution < 1.29 is 19.5 Å². The number of hydrogen-bond acceptors (Lipinski definition) is 5. The first kappa shape index (κ1) is 14.4. The molecule has 3 aromatic rings. The third kappa shape index (κ3) is 2.40. The Morgan fingerprint density at radius 2 is 1.68 bits per heavy atom. The molecular weight excluding hydrogens is 283 g/mol. The van der Waals surface area contributed by atoms with Crippen molar-refractivity contribution in [2.45, 2.75) is 0 Å². The fourth-order valence-corrected chi connectivity index (χ4v) is 2.42. The number of methoxy groups -OCH3 is 2. The average Bonchev–Trinajstić information content (AvgIpc) is 2.97. The maximum absolute atomic E-state index is 9.50. The van der Waals surface area contributed by atoms with Crippen molar-refractivity contribution in [3.8, 4) is 22.9 Å². The molecule has 0 atom stereocenters. The third-order valence-corrected chi connectivity index (χ3v) is 3.46. The second-order valence-electron chi connectivity index (χ2n) is 4.77. The lowest BCUT2D eigenvalue weighted by molar-refractivity contribution is 0.385. The van der Waals surface area contributed by atoms with Crippen LogP contribution in [0.1, 0.15) is 0 Å². The molecule has 6 nitrogen and oxygen atoms in total. The number of rotatable bonds is 4. The number of aromatic nitrogens is 2. The molecule has 3 rings (SSSR count). The Labute approximate surface area is 127 Å². The number of hydrogen-bond donors (Lipinski definition) is 3. The number of benzene rings is 2. The summed E-state index contributed by atoms with van der Waals surface area (Å²) in [6, 6.07) is 11.1. The number of aromatic amines is 1. The molecule has 7 heteroatoms. The Hall–Kier alpha value is -2.51. The molecule has 0 spiro atoms. The first-order valence-electron chi connectivity index (χ1n) is 6.71. The summed E-state index contributed by atoms with van der Waals surface area (Å²) in [4.78, 5) is 7.73. The van der Waals surface area contributed by atoms with Crippen LogP contribution in [0.15, 0.2) is 36.4 Å². The van der Waals surface area contributed by atoms with Gasteiger partial charge in [0, 0.05) is 5.56 Å². The summed E-state index contributed by atoms with van der Waals surface area (Å²) in [5.41, 5.74) is 2.68. The molecule has 2 aromatic carbocycles. The monoisotopic (exact) mass is 298 g/mol. The summed E-state index contributed by atoms with van der Waals surface area (Å²) >= 11 is 0. The molecule has 0 bridgehead atoms. The van der Waals surface area contributed by atoms with Crippen molar-refractivity contribution in [3.05, 3.63) is 36.4 Å². The second kappa shape index (κ2) is 5.71. The zero-order valence-electron chi connectivity index (χ0n) is 12.2. The summed E-state index contributed by atoms with van der Waals surface area (Å²) in [7, 11) is 1.24. The summed E-state index contributed by atoms with van der Waals surface area (Å²) in [6.45, 7) is 0. The molecule has 0 aliphatic carbocycles. The lowest BCUT2D eigenvalue weighted by atomic mass is 9.78. The van der Waals surface area contributed by atoms with E-state index in [1.54, 1.807) is 12.1 Å². The predicted octanol–water partition coefficient (Wildman–Crippen LogP) is 0.927. The predicted molar refractivity (Wildman–Crippen MR) is 84.5 cm³/mol. The fourth-order valence-electron chi connectivity index (χ4n) is 2.42. The Morgan fingerprint density at radius 1 is 1.05 bits per heavy atom. The molecule has 22 heavy (non-hydrogen) atoms. The van der Waals surface area contributed by atoms with Crippen molar-refractivity contribution in [2.75, 3.05) is 14.2 Å². The Balaban J connectivity index is 2.18. The van der Waals surface area contributed by atoms with Crippen LogP contribution in [0, 0.1) is 0 Å². The SMILES string of the molecule is COc1cc(-c2nc3ccccc3[nH]2)cc(OC)c1B(O)O. The van der Waals surface area contributed by atoms with E-state index in [-0.39, 0.29) is 5.46 Å². The van der Waals surface area contributed by atoms with E-state index in [9.17, 15) is 10.0 Å². The van der Waals surface area contributed by atoms with E-state index in [0.29, 0.717) is 17.3 Å². The highest BCUT2D eigenvalue weighted by atomic mass is 16.5. The molecule has 0 radical (unpaired) electrons. The van der Waals surface area contributed by atoms with Crippen LogP contribution in [0.25, 0.3) is 22.4 Å². The molecule has 112 valence electrons. The smallest absolute Gasteiger partial charge is 0.496 e. The van der Waals surface area contributed by atoms with E-state index in [4.69, 9.17) is 9.47 Å². The molecule has 0 amide bonds. The van der Waals surface area contributed by atoms with Crippen molar-refractivity contribution in [1.29, 1.82) is 0 Å². The van der Waals surface area contributed by atoms with E-state index in [0.717, 1.165) is 16.6 Å². The number of imidazole rings is 1. The van der Waals surface area contributed by atoms with Crippen LogP contribution in [-0.4, -0.2) is 41.4 Å². The van der Waals surface area contributed by atoms with Gasteiger partial charge in [0.1, 0.15) is 17.3 Å². The van der Waals surface area contributed by atoms with Crippen LogP contribution in [0.2, 0.25) is 0 Å². The standard InChI is InChI=1S/C15H15BN2O4/c1-21-12-7-9(8-13(22-2)14(12)16(19)20)15-17-10-5-3-4-6-11(10)18-15/h3-8,19-20H,1-2H3,(H,17,18). The van der Waals surface area contributed by atoms with Gasteiger partial charge in [0.15, 0.2) is 0 Å². The number of H-pyrrole nitrogens is 1. The van der Waals surface area contributed by atoms with Crippen molar-refractivity contribution in [3.63, 3.8) is 0 Å². The lowest BCUT2D eigenvalue weighted by Gasteiger charge is -2.14. The molecule has 0 aliphatic heterocycles. The summed E-state index contributed by atoms with van der Waals surface area (Å²) in [5, 5.41) is 19.0. The van der Waals surface area contributed by atoms with Crippen molar-refractivity contribution >= 4 is 23.6 Å². The summed E-state index contributed by atoms with van der Waals surface area (Å²) in [5.74, 6) is 1.30. The molecule has 3 N–H and O–H groups in total. The van der Waals surface area contributed by atoms with Gasteiger partial charge in [-0.25, -0.2) is 4.98 Å². The van der Waals surface area contributed by atoms with Crippen molar-refractivity contribution in [2.24, 2.45) is 0 Å². The molecular formula is C15H15BN2O4. The van der Waals surface area contributed by atoms with Gasteiger partial charge in [0.25, 0.3) is 0 Å². The molecule has 0 unspecified atom stereocenters. The minimum Gasteiger partial charge on any atom is -0.497 e.